The maximum atomic E-state index is 14.2. The van der Waals surface area contributed by atoms with Gasteiger partial charge in [-0.1, -0.05) is 11.8 Å². The van der Waals surface area contributed by atoms with Gasteiger partial charge < -0.3 is 5.32 Å². The normalized spacial score (nSPS) is 10.6. The van der Waals surface area contributed by atoms with E-state index in [-0.39, 0.29) is 22.6 Å². The molecule has 26 heavy (non-hydrogen) atoms. The highest BCUT2D eigenvalue weighted by Crippen LogP contribution is 2.31. The topological polar surface area (TPSA) is 54.9 Å². The minimum absolute atomic E-state index is 0.0117. The van der Waals surface area contributed by atoms with Gasteiger partial charge in [-0.2, -0.15) is 0 Å². The van der Waals surface area contributed by atoms with Crippen molar-refractivity contribution in [2.24, 2.45) is 0 Å². The summed E-state index contributed by atoms with van der Waals surface area (Å²) >= 11 is 1.20. The van der Waals surface area contributed by atoms with Gasteiger partial charge in [0.15, 0.2) is 11.4 Å². The maximum absolute atomic E-state index is 14.2. The lowest BCUT2D eigenvalue weighted by molar-refractivity contribution is 0.112. The van der Waals surface area contributed by atoms with Crippen molar-refractivity contribution in [2.45, 2.75) is 5.16 Å². The van der Waals surface area contributed by atoms with E-state index in [2.05, 4.69) is 15.3 Å². The van der Waals surface area contributed by atoms with Crippen molar-refractivity contribution in [3.63, 3.8) is 0 Å². The molecule has 1 N–H and O–H groups in total. The van der Waals surface area contributed by atoms with E-state index in [4.69, 9.17) is 0 Å². The smallest absolute Gasteiger partial charge is 0.189 e. The second kappa shape index (κ2) is 7.57. The van der Waals surface area contributed by atoms with E-state index in [1.54, 1.807) is 6.26 Å². The summed E-state index contributed by atoms with van der Waals surface area (Å²) in [7, 11) is 0. The number of benzene rings is 2. The average molecular weight is 375 g/mol. The van der Waals surface area contributed by atoms with Gasteiger partial charge >= 0.3 is 0 Å². The predicted octanol–water partition coefficient (Wildman–Crippen LogP) is 4.84. The summed E-state index contributed by atoms with van der Waals surface area (Å²) in [6.07, 6.45) is 2.22. The van der Waals surface area contributed by atoms with Crippen LogP contribution in [0.25, 0.3) is 11.3 Å². The Morgan fingerprint density at radius 2 is 1.69 bits per heavy atom. The van der Waals surface area contributed by atoms with Crippen molar-refractivity contribution in [3.05, 3.63) is 65.5 Å². The van der Waals surface area contributed by atoms with Crippen molar-refractivity contribution in [3.8, 4) is 11.3 Å². The Hall–Kier alpha value is -2.87. The number of thioether (sulfide) groups is 1. The van der Waals surface area contributed by atoms with E-state index in [1.807, 2.05) is 0 Å². The van der Waals surface area contributed by atoms with E-state index in [0.717, 1.165) is 12.1 Å². The summed E-state index contributed by atoms with van der Waals surface area (Å²) in [5.74, 6) is -1.84. The number of nitrogens with one attached hydrogen (secondary N) is 1. The molecule has 0 radical (unpaired) electrons. The molecule has 1 heterocycles. The Kier molecular flexibility index (Phi) is 5.22. The molecule has 3 rings (SSSR count). The third-order valence-corrected chi connectivity index (χ3v) is 4.07. The number of nitrogens with zero attached hydrogens (tertiary/aromatic N) is 2. The molecule has 0 aliphatic heterocycles. The van der Waals surface area contributed by atoms with E-state index >= 15 is 0 Å². The Bertz CT molecular complexity index is 965. The van der Waals surface area contributed by atoms with Crippen LogP contribution in [-0.4, -0.2) is 22.5 Å². The molecule has 0 spiro atoms. The predicted molar refractivity (Wildman–Crippen MR) is 94.2 cm³/mol. The van der Waals surface area contributed by atoms with Gasteiger partial charge in [-0.25, -0.2) is 23.1 Å². The van der Waals surface area contributed by atoms with Crippen molar-refractivity contribution in [1.29, 1.82) is 0 Å². The molecule has 0 saturated heterocycles. The van der Waals surface area contributed by atoms with E-state index in [9.17, 15) is 18.0 Å². The van der Waals surface area contributed by atoms with E-state index in [0.29, 0.717) is 17.1 Å². The fraction of sp³-hybridized carbons (Fsp3) is 0.0556. The molecule has 1 aromatic heterocycles. The lowest BCUT2D eigenvalue weighted by Gasteiger charge is -2.13. The minimum Gasteiger partial charge on any atom is -0.339 e. The molecule has 4 nitrogen and oxygen atoms in total. The molecule has 3 aromatic rings. The zero-order valence-corrected chi connectivity index (χ0v) is 14.3. The summed E-state index contributed by atoms with van der Waals surface area (Å²) in [5, 5.41) is 3.20. The molecule has 0 bridgehead atoms. The molecule has 0 amide bonds. The highest BCUT2D eigenvalue weighted by Gasteiger charge is 2.19. The van der Waals surface area contributed by atoms with Gasteiger partial charge in [-0.15, -0.1) is 0 Å². The van der Waals surface area contributed by atoms with E-state index in [1.165, 1.54) is 42.1 Å². The highest BCUT2D eigenvalue weighted by atomic mass is 32.2. The van der Waals surface area contributed by atoms with Gasteiger partial charge in [0.1, 0.15) is 23.3 Å². The standard InChI is InChI=1S/C18H12F3N3OS/c1-26-18-23-16(13-7-4-11(20)8-15(13)21)14(9-25)17(24-18)22-12-5-2-10(19)3-6-12/h2-9H,1H3,(H,22,23,24). The Labute approximate surface area is 151 Å². The number of carbonyl (C=O) groups excluding carboxylic acids is 1. The number of aldehydes is 1. The second-order valence-electron chi connectivity index (χ2n) is 5.20. The van der Waals surface area contributed by atoms with Crippen molar-refractivity contribution < 1.29 is 18.0 Å². The van der Waals surface area contributed by atoms with Crippen LogP contribution in [0.15, 0.2) is 47.6 Å². The zero-order valence-electron chi connectivity index (χ0n) is 13.5. The van der Waals surface area contributed by atoms with Crippen LogP contribution in [0.2, 0.25) is 0 Å². The second-order valence-corrected chi connectivity index (χ2v) is 5.97. The first-order valence-electron chi connectivity index (χ1n) is 7.41. The summed E-state index contributed by atoms with van der Waals surface area (Å²) in [6.45, 7) is 0. The van der Waals surface area contributed by atoms with Crippen LogP contribution in [0.1, 0.15) is 10.4 Å². The first-order valence-corrected chi connectivity index (χ1v) is 8.63. The molecular formula is C18H12F3N3OS. The molecule has 0 saturated carbocycles. The molecule has 132 valence electrons. The summed E-state index contributed by atoms with van der Waals surface area (Å²) < 4.78 is 40.5. The molecule has 0 fully saturated rings. The Morgan fingerprint density at radius 1 is 1.00 bits per heavy atom. The molecule has 8 heteroatoms. The van der Waals surface area contributed by atoms with Crippen LogP contribution < -0.4 is 5.32 Å². The van der Waals surface area contributed by atoms with Crippen LogP contribution in [0, 0.1) is 17.5 Å². The highest BCUT2D eigenvalue weighted by molar-refractivity contribution is 7.98. The zero-order chi connectivity index (χ0) is 18.7. The van der Waals surface area contributed by atoms with Crippen LogP contribution in [0.5, 0.6) is 0 Å². The Morgan fingerprint density at radius 3 is 2.31 bits per heavy atom. The summed E-state index contributed by atoms with van der Waals surface area (Å²) in [5.41, 5.74) is 0.526. The first-order chi connectivity index (χ1) is 12.5. The van der Waals surface area contributed by atoms with Gasteiger partial charge in [-0.3, -0.25) is 4.79 Å². The number of halogens is 3. The molecular weight excluding hydrogens is 363 g/mol. The third-order valence-electron chi connectivity index (χ3n) is 3.52. The van der Waals surface area contributed by atoms with Crippen molar-refractivity contribution in [2.75, 3.05) is 11.6 Å². The monoisotopic (exact) mass is 375 g/mol. The van der Waals surface area contributed by atoms with Gasteiger partial charge in [0, 0.05) is 17.3 Å². The SMILES string of the molecule is CSc1nc(Nc2ccc(F)cc2)c(C=O)c(-c2ccc(F)cc2F)n1. The number of carbonyl (C=O) groups is 1. The van der Waals surface area contributed by atoms with Crippen LogP contribution in [0.3, 0.4) is 0 Å². The molecule has 0 aliphatic carbocycles. The average Bonchev–Trinajstić information content (AvgIpc) is 2.63. The van der Waals surface area contributed by atoms with Crippen LogP contribution in [0.4, 0.5) is 24.7 Å². The largest absolute Gasteiger partial charge is 0.339 e. The fourth-order valence-electron chi connectivity index (χ4n) is 2.30. The third kappa shape index (κ3) is 3.70. The van der Waals surface area contributed by atoms with Crippen LogP contribution in [-0.2, 0) is 0 Å². The van der Waals surface area contributed by atoms with Gasteiger partial charge in [-0.05, 0) is 42.7 Å². The number of rotatable bonds is 5. The van der Waals surface area contributed by atoms with Crippen LogP contribution >= 0.6 is 11.8 Å². The number of hydrogen-bond acceptors (Lipinski definition) is 5. The number of anilines is 2. The summed E-state index contributed by atoms with van der Waals surface area (Å²) in [6, 6.07) is 8.47. The summed E-state index contributed by atoms with van der Waals surface area (Å²) in [4.78, 5) is 20.1. The Balaban J connectivity index is 2.15. The van der Waals surface area contributed by atoms with Crippen molar-refractivity contribution >= 4 is 29.6 Å². The molecule has 0 unspecified atom stereocenters. The van der Waals surface area contributed by atoms with Gasteiger partial charge in [0.2, 0.25) is 0 Å². The van der Waals surface area contributed by atoms with Gasteiger partial charge in [0.25, 0.3) is 0 Å². The number of aromatic nitrogens is 2. The van der Waals surface area contributed by atoms with Gasteiger partial charge in [0.05, 0.1) is 11.3 Å². The van der Waals surface area contributed by atoms with E-state index < -0.39 is 17.5 Å². The molecule has 2 aromatic carbocycles. The quantitative estimate of drug-likeness (QED) is 0.393. The maximum Gasteiger partial charge on any atom is 0.189 e. The lowest BCUT2D eigenvalue weighted by atomic mass is 10.1. The number of hydrogen-bond donors (Lipinski definition) is 1. The fourth-order valence-corrected chi connectivity index (χ4v) is 2.67. The van der Waals surface area contributed by atoms with Crippen molar-refractivity contribution in [1.82, 2.24) is 9.97 Å². The first kappa shape index (κ1) is 17.9. The molecule has 0 aliphatic rings. The lowest BCUT2D eigenvalue weighted by Crippen LogP contribution is -2.05. The minimum atomic E-state index is -0.841. The molecule has 0 atom stereocenters.